The van der Waals surface area contributed by atoms with E-state index in [1.807, 2.05) is 0 Å². The highest BCUT2D eigenvalue weighted by Gasteiger charge is 2.35. The van der Waals surface area contributed by atoms with Gasteiger partial charge in [0.15, 0.2) is 0 Å². The average Bonchev–Trinajstić information content (AvgIpc) is 2.34. The molecule has 3 heterocycles. The summed E-state index contributed by atoms with van der Waals surface area (Å²) in [5, 5.41) is 0. The predicted octanol–water partition coefficient (Wildman–Crippen LogP) is 2.76. The van der Waals surface area contributed by atoms with E-state index in [1.165, 1.54) is 29.5 Å². The highest BCUT2D eigenvalue weighted by Crippen LogP contribution is 2.30. The fourth-order valence-electron chi connectivity index (χ4n) is 2.73. The number of hydrogen-bond donors (Lipinski definition) is 0. The zero-order valence-electron chi connectivity index (χ0n) is 9.23. The quantitative estimate of drug-likeness (QED) is 0.774. The minimum absolute atomic E-state index is 0.419. The van der Waals surface area contributed by atoms with Gasteiger partial charge in [-0.3, -0.25) is 4.90 Å². The van der Waals surface area contributed by atoms with Crippen molar-refractivity contribution in [2.24, 2.45) is 5.92 Å². The minimum atomic E-state index is 0.419. The monoisotopic (exact) mass is 329 g/mol. The van der Waals surface area contributed by atoms with Crippen LogP contribution >= 0.6 is 22.6 Å². The summed E-state index contributed by atoms with van der Waals surface area (Å²) >= 11 is 2.32. The van der Waals surface area contributed by atoms with Crippen LogP contribution in [0, 0.1) is 9.49 Å². The third-order valence-electron chi connectivity index (χ3n) is 3.70. The van der Waals surface area contributed by atoms with Gasteiger partial charge in [0, 0.05) is 10.1 Å². The van der Waals surface area contributed by atoms with Crippen LogP contribution < -0.4 is 4.74 Å². The molecule has 1 aromatic carbocycles. The molecule has 0 radical (unpaired) electrons. The van der Waals surface area contributed by atoms with Crippen LogP contribution in [0.25, 0.3) is 0 Å². The van der Waals surface area contributed by atoms with Gasteiger partial charge in [0.1, 0.15) is 11.9 Å². The van der Waals surface area contributed by atoms with Gasteiger partial charge in [0.25, 0.3) is 0 Å². The summed E-state index contributed by atoms with van der Waals surface area (Å²) in [6, 6.07) is 8.38. The van der Waals surface area contributed by atoms with Gasteiger partial charge >= 0.3 is 0 Å². The lowest BCUT2D eigenvalue weighted by molar-refractivity contribution is -0.00776. The largest absolute Gasteiger partial charge is 0.489 e. The maximum atomic E-state index is 6.10. The lowest BCUT2D eigenvalue weighted by Crippen LogP contribution is -2.52. The molecule has 0 saturated carbocycles. The molecular formula is C13H16INO. The van der Waals surface area contributed by atoms with E-state index in [0.29, 0.717) is 6.10 Å². The number of benzene rings is 1. The van der Waals surface area contributed by atoms with E-state index in [9.17, 15) is 0 Å². The molecular weight excluding hydrogens is 313 g/mol. The molecule has 0 aromatic heterocycles. The predicted molar refractivity (Wildman–Crippen MR) is 72.7 cm³/mol. The number of ether oxygens (including phenoxy) is 1. The third kappa shape index (κ3) is 2.20. The van der Waals surface area contributed by atoms with Gasteiger partial charge in [-0.1, -0.05) is 0 Å². The van der Waals surface area contributed by atoms with Gasteiger partial charge in [-0.05, 0) is 78.7 Å². The summed E-state index contributed by atoms with van der Waals surface area (Å²) in [4.78, 5) is 2.53. The zero-order chi connectivity index (χ0) is 11.0. The second-order valence-electron chi connectivity index (χ2n) is 4.75. The van der Waals surface area contributed by atoms with Crippen molar-refractivity contribution >= 4 is 22.6 Å². The van der Waals surface area contributed by atoms with Crippen molar-refractivity contribution in [3.05, 3.63) is 27.8 Å². The van der Waals surface area contributed by atoms with Gasteiger partial charge in [-0.15, -0.1) is 0 Å². The number of piperidine rings is 3. The summed E-state index contributed by atoms with van der Waals surface area (Å²) in [6.07, 6.45) is 3.05. The van der Waals surface area contributed by atoms with Crippen LogP contribution in [0.1, 0.15) is 12.8 Å². The molecule has 3 fully saturated rings. The molecule has 1 aromatic rings. The molecule has 0 N–H and O–H groups in total. The van der Waals surface area contributed by atoms with Crippen LogP contribution in [-0.4, -0.2) is 30.6 Å². The maximum absolute atomic E-state index is 6.10. The highest BCUT2D eigenvalue weighted by atomic mass is 127. The fourth-order valence-corrected chi connectivity index (χ4v) is 3.09. The lowest BCUT2D eigenvalue weighted by atomic mass is 9.86. The molecule has 86 valence electrons. The summed E-state index contributed by atoms with van der Waals surface area (Å²) in [5.74, 6) is 1.81. The summed E-state index contributed by atoms with van der Waals surface area (Å²) in [6.45, 7) is 3.67. The van der Waals surface area contributed by atoms with Crippen molar-refractivity contribution in [1.82, 2.24) is 4.90 Å². The number of halogens is 1. The molecule has 3 aliphatic heterocycles. The Labute approximate surface area is 110 Å². The Bertz CT molecular complexity index is 357. The molecule has 4 rings (SSSR count). The Morgan fingerprint density at radius 1 is 1.12 bits per heavy atom. The minimum Gasteiger partial charge on any atom is -0.489 e. The number of hydrogen-bond acceptors (Lipinski definition) is 2. The summed E-state index contributed by atoms with van der Waals surface area (Å²) < 4.78 is 7.36. The van der Waals surface area contributed by atoms with E-state index in [1.54, 1.807) is 0 Å². The molecule has 1 unspecified atom stereocenters. The number of nitrogens with zero attached hydrogens (tertiary/aromatic N) is 1. The first-order valence-corrected chi connectivity index (χ1v) is 7.04. The normalized spacial score (nSPS) is 32.7. The van der Waals surface area contributed by atoms with Crippen molar-refractivity contribution in [2.45, 2.75) is 18.9 Å². The van der Waals surface area contributed by atoms with Crippen LogP contribution in [0.5, 0.6) is 5.75 Å². The molecule has 0 amide bonds. The molecule has 3 saturated heterocycles. The highest BCUT2D eigenvalue weighted by molar-refractivity contribution is 14.1. The van der Waals surface area contributed by atoms with Gasteiger partial charge in [0.05, 0.1) is 0 Å². The Morgan fingerprint density at radius 3 is 2.38 bits per heavy atom. The molecule has 0 spiro atoms. The van der Waals surface area contributed by atoms with Crippen LogP contribution in [0.3, 0.4) is 0 Å². The summed E-state index contributed by atoms with van der Waals surface area (Å²) in [5.41, 5.74) is 0. The molecule has 3 heteroatoms. The molecule has 3 aliphatic rings. The smallest absolute Gasteiger partial charge is 0.119 e. The van der Waals surface area contributed by atoms with Crippen LogP contribution in [-0.2, 0) is 0 Å². The fraction of sp³-hybridized carbons (Fsp3) is 0.538. The third-order valence-corrected chi connectivity index (χ3v) is 4.42. The van der Waals surface area contributed by atoms with Crippen LogP contribution in [0.4, 0.5) is 0 Å². The molecule has 0 aliphatic carbocycles. The first kappa shape index (κ1) is 10.8. The first-order chi connectivity index (χ1) is 7.81. The Balaban J connectivity index is 1.68. The van der Waals surface area contributed by atoms with E-state index in [2.05, 4.69) is 51.8 Å². The molecule has 2 bridgehead atoms. The van der Waals surface area contributed by atoms with Gasteiger partial charge < -0.3 is 4.74 Å². The summed E-state index contributed by atoms with van der Waals surface area (Å²) in [7, 11) is 0. The first-order valence-electron chi connectivity index (χ1n) is 5.96. The van der Waals surface area contributed by atoms with E-state index < -0.39 is 0 Å². The second kappa shape index (κ2) is 4.53. The van der Waals surface area contributed by atoms with Crippen molar-refractivity contribution in [1.29, 1.82) is 0 Å². The molecule has 1 atom stereocenters. The topological polar surface area (TPSA) is 12.5 Å². The SMILES string of the molecule is Ic1ccc(OC2CN3CCC2CC3)cc1. The Kier molecular flexibility index (Phi) is 3.07. The Hall–Kier alpha value is -0.290. The Morgan fingerprint density at radius 2 is 1.81 bits per heavy atom. The average molecular weight is 329 g/mol. The molecule has 2 nitrogen and oxygen atoms in total. The van der Waals surface area contributed by atoms with Crippen LogP contribution in [0.2, 0.25) is 0 Å². The molecule has 16 heavy (non-hydrogen) atoms. The van der Waals surface area contributed by atoms with Crippen molar-refractivity contribution in [2.75, 3.05) is 19.6 Å². The van der Waals surface area contributed by atoms with Crippen molar-refractivity contribution in [3.63, 3.8) is 0 Å². The second-order valence-corrected chi connectivity index (χ2v) is 5.99. The van der Waals surface area contributed by atoms with E-state index in [-0.39, 0.29) is 0 Å². The number of fused-ring (bicyclic) bond motifs is 3. The zero-order valence-corrected chi connectivity index (χ0v) is 11.4. The van der Waals surface area contributed by atoms with Gasteiger partial charge in [-0.2, -0.15) is 0 Å². The maximum Gasteiger partial charge on any atom is 0.119 e. The van der Waals surface area contributed by atoms with E-state index in [0.717, 1.165) is 18.2 Å². The van der Waals surface area contributed by atoms with E-state index >= 15 is 0 Å². The standard InChI is InChI=1S/C13H16INO/c14-11-1-3-12(4-2-11)16-13-9-15-7-5-10(13)6-8-15/h1-4,10,13H,5-9H2. The van der Waals surface area contributed by atoms with Gasteiger partial charge in [0.2, 0.25) is 0 Å². The van der Waals surface area contributed by atoms with Crippen molar-refractivity contribution < 1.29 is 4.74 Å². The van der Waals surface area contributed by atoms with Crippen molar-refractivity contribution in [3.8, 4) is 5.75 Å². The van der Waals surface area contributed by atoms with Gasteiger partial charge in [-0.25, -0.2) is 0 Å². The number of rotatable bonds is 2. The van der Waals surface area contributed by atoms with Crippen LogP contribution in [0.15, 0.2) is 24.3 Å². The lowest BCUT2D eigenvalue weighted by Gasteiger charge is -2.44. The van der Waals surface area contributed by atoms with E-state index in [4.69, 9.17) is 4.74 Å².